The van der Waals surface area contributed by atoms with Crippen molar-refractivity contribution in [3.63, 3.8) is 0 Å². The molecule has 9 atom stereocenters. The van der Waals surface area contributed by atoms with E-state index in [-0.39, 0.29) is 17.8 Å². The summed E-state index contributed by atoms with van der Waals surface area (Å²) in [6, 6.07) is 0. The average molecular weight is 370 g/mol. The van der Waals surface area contributed by atoms with E-state index < -0.39 is 30.3 Å². The third kappa shape index (κ3) is 2.19. The summed E-state index contributed by atoms with van der Waals surface area (Å²) in [5.41, 5.74) is -4.58. The Bertz CT molecular complexity index is 541. The molecule has 0 aromatic rings. The molecule has 4 saturated carbocycles. The number of halogens is 6. The minimum atomic E-state index is -5.69. The topological polar surface area (TPSA) is 20.2 Å². The highest BCUT2D eigenvalue weighted by Gasteiger charge is 2.73. The predicted octanol–water partition coefficient (Wildman–Crippen LogP) is 5.04. The number of alkyl halides is 6. The van der Waals surface area contributed by atoms with E-state index in [0.717, 1.165) is 12.8 Å². The van der Waals surface area contributed by atoms with Crippen molar-refractivity contribution < 1.29 is 31.4 Å². The lowest BCUT2D eigenvalue weighted by Gasteiger charge is -2.45. The minimum absolute atomic E-state index is 0.0869. The van der Waals surface area contributed by atoms with Crippen molar-refractivity contribution >= 4 is 0 Å². The third-order valence-electron chi connectivity index (χ3n) is 8.48. The van der Waals surface area contributed by atoms with Crippen molar-refractivity contribution in [3.05, 3.63) is 0 Å². The minimum Gasteiger partial charge on any atom is -0.374 e. The van der Waals surface area contributed by atoms with Gasteiger partial charge in [-0.25, -0.2) is 0 Å². The van der Waals surface area contributed by atoms with Crippen molar-refractivity contribution in [2.24, 2.45) is 53.3 Å². The van der Waals surface area contributed by atoms with Gasteiger partial charge in [-0.05, 0) is 78.9 Å². The maximum atomic E-state index is 13.1. The Labute approximate surface area is 143 Å². The number of aliphatic hydroxyl groups is 1. The average Bonchev–Trinajstić information content (AvgIpc) is 3.16. The standard InChI is InChI=1S/C18H24F6O/c1-7-8(2)12-5-11(7)14-9-3-10(13(4-9)15(12)14)6-16(25,17(19,20)21)18(22,23)24/h7-15,25H,3-6H2,1-2H3. The highest BCUT2D eigenvalue weighted by molar-refractivity contribution is 5.14. The van der Waals surface area contributed by atoms with Gasteiger partial charge in [-0.2, -0.15) is 26.3 Å². The zero-order valence-corrected chi connectivity index (χ0v) is 14.2. The lowest BCUT2D eigenvalue weighted by atomic mass is 9.61. The summed E-state index contributed by atoms with van der Waals surface area (Å²) in [7, 11) is 0. The molecule has 0 amide bonds. The molecule has 1 N–H and O–H groups in total. The summed E-state index contributed by atoms with van der Waals surface area (Å²) in [4.78, 5) is 0. The van der Waals surface area contributed by atoms with Crippen LogP contribution in [0.15, 0.2) is 0 Å². The Morgan fingerprint density at radius 1 is 0.760 bits per heavy atom. The van der Waals surface area contributed by atoms with Gasteiger partial charge < -0.3 is 5.11 Å². The summed E-state index contributed by atoms with van der Waals surface area (Å²) in [6.45, 7) is 4.41. The molecule has 1 nitrogen and oxygen atoms in total. The van der Waals surface area contributed by atoms with E-state index in [1.807, 2.05) is 0 Å². The number of fused-ring (bicyclic) bond motifs is 9. The van der Waals surface area contributed by atoms with Crippen LogP contribution in [0.3, 0.4) is 0 Å². The Morgan fingerprint density at radius 2 is 1.28 bits per heavy atom. The first-order chi connectivity index (χ1) is 11.4. The molecule has 7 heteroatoms. The van der Waals surface area contributed by atoms with Gasteiger partial charge in [0, 0.05) is 0 Å². The fourth-order valence-corrected chi connectivity index (χ4v) is 7.37. The van der Waals surface area contributed by atoms with Crippen LogP contribution >= 0.6 is 0 Å². The lowest BCUT2D eigenvalue weighted by Crippen LogP contribution is -2.58. The highest BCUT2D eigenvalue weighted by atomic mass is 19.4. The SMILES string of the molecule is CC1C(C)C2CC1C1C3CC(CC(O)(C(F)(F)F)C(F)(F)F)C(C3)C21. The molecule has 25 heavy (non-hydrogen) atoms. The second kappa shape index (κ2) is 5.08. The molecule has 0 aromatic heterocycles. The Hall–Kier alpha value is -0.460. The molecule has 0 aromatic carbocycles. The molecule has 144 valence electrons. The van der Waals surface area contributed by atoms with Gasteiger partial charge in [-0.1, -0.05) is 13.8 Å². The molecule has 0 spiro atoms. The summed E-state index contributed by atoms with van der Waals surface area (Å²) < 4.78 is 78.3. The predicted molar refractivity (Wildman–Crippen MR) is 78.3 cm³/mol. The van der Waals surface area contributed by atoms with Crippen LogP contribution in [0.25, 0.3) is 0 Å². The van der Waals surface area contributed by atoms with Crippen LogP contribution in [0.4, 0.5) is 26.3 Å². The summed E-state index contributed by atoms with van der Waals surface area (Å²) in [6.07, 6.45) is -10.4. The van der Waals surface area contributed by atoms with E-state index in [4.69, 9.17) is 0 Å². The maximum absolute atomic E-state index is 13.1. The second-order valence-corrected chi connectivity index (χ2v) is 9.15. The normalized spacial score (nSPS) is 49.1. The van der Waals surface area contributed by atoms with Crippen molar-refractivity contribution in [2.75, 3.05) is 0 Å². The summed E-state index contributed by atoms with van der Waals surface area (Å²) in [5.74, 6) is 2.36. The number of hydrogen-bond acceptors (Lipinski definition) is 1. The molecular formula is C18H24F6O. The zero-order chi connectivity index (χ0) is 18.5. The molecule has 4 aliphatic carbocycles. The van der Waals surface area contributed by atoms with Gasteiger partial charge in [0.15, 0.2) is 0 Å². The van der Waals surface area contributed by atoms with E-state index in [1.165, 1.54) is 0 Å². The van der Waals surface area contributed by atoms with Gasteiger partial charge >= 0.3 is 12.4 Å². The van der Waals surface area contributed by atoms with Crippen molar-refractivity contribution in [1.29, 1.82) is 0 Å². The highest BCUT2D eigenvalue weighted by Crippen LogP contribution is 2.72. The molecule has 4 aliphatic rings. The van der Waals surface area contributed by atoms with Gasteiger partial charge in [0.25, 0.3) is 5.60 Å². The summed E-state index contributed by atoms with van der Waals surface area (Å²) >= 11 is 0. The summed E-state index contributed by atoms with van der Waals surface area (Å²) in [5, 5.41) is 9.59. The number of rotatable bonds is 2. The molecule has 0 heterocycles. The Morgan fingerprint density at radius 3 is 1.80 bits per heavy atom. The fourth-order valence-electron chi connectivity index (χ4n) is 7.37. The molecule has 4 fully saturated rings. The largest absolute Gasteiger partial charge is 0.426 e. The van der Waals surface area contributed by atoms with Crippen LogP contribution in [0.2, 0.25) is 0 Å². The Balaban J connectivity index is 1.57. The molecule has 0 saturated heterocycles. The fraction of sp³-hybridized carbons (Fsp3) is 1.00. The van der Waals surface area contributed by atoms with Crippen LogP contribution in [0, 0.1) is 53.3 Å². The maximum Gasteiger partial charge on any atom is 0.426 e. The van der Waals surface area contributed by atoms with Crippen LogP contribution in [0.5, 0.6) is 0 Å². The van der Waals surface area contributed by atoms with Crippen LogP contribution in [0.1, 0.15) is 39.5 Å². The number of hydrogen-bond donors (Lipinski definition) is 1. The first kappa shape index (κ1) is 17.9. The molecule has 4 rings (SSSR count). The van der Waals surface area contributed by atoms with Crippen LogP contribution in [-0.2, 0) is 0 Å². The molecular weight excluding hydrogens is 346 g/mol. The molecule has 9 unspecified atom stereocenters. The van der Waals surface area contributed by atoms with Gasteiger partial charge in [0.05, 0.1) is 0 Å². The van der Waals surface area contributed by atoms with Gasteiger partial charge in [-0.3, -0.25) is 0 Å². The first-order valence-electron chi connectivity index (χ1n) is 9.22. The zero-order valence-electron chi connectivity index (χ0n) is 14.2. The quantitative estimate of drug-likeness (QED) is 0.533. The van der Waals surface area contributed by atoms with Gasteiger partial charge in [0.2, 0.25) is 0 Å². The van der Waals surface area contributed by atoms with Crippen molar-refractivity contribution in [2.45, 2.75) is 57.5 Å². The van der Waals surface area contributed by atoms with Crippen LogP contribution in [-0.4, -0.2) is 23.1 Å². The first-order valence-corrected chi connectivity index (χ1v) is 9.22. The molecule has 0 radical (unpaired) electrons. The van der Waals surface area contributed by atoms with Gasteiger partial charge in [-0.15, -0.1) is 0 Å². The van der Waals surface area contributed by atoms with E-state index in [2.05, 4.69) is 13.8 Å². The van der Waals surface area contributed by atoms with E-state index in [9.17, 15) is 31.4 Å². The molecule has 4 bridgehead atoms. The third-order valence-corrected chi connectivity index (χ3v) is 8.48. The Kier molecular flexibility index (Phi) is 3.64. The van der Waals surface area contributed by atoms with Crippen molar-refractivity contribution in [1.82, 2.24) is 0 Å². The molecule has 0 aliphatic heterocycles. The van der Waals surface area contributed by atoms with E-state index in [1.54, 1.807) is 0 Å². The van der Waals surface area contributed by atoms with Gasteiger partial charge in [0.1, 0.15) is 0 Å². The smallest absolute Gasteiger partial charge is 0.374 e. The lowest BCUT2D eigenvalue weighted by molar-refractivity contribution is -0.373. The van der Waals surface area contributed by atoms with Crippen molar-refractivity contribution in [3.8, 4) is 0 Å². The van der Waals surface area contributed by atoms with E-state index in [0.29, 0.717) is 36.0 Å². The second-order valence-electron chi connectivity index (χ2n) is 9.15. The van der Waals surface area contributed by atoms with Crippen LogP contribution < -0.4 is 0 Å². The van der Waals surface area contributed by atoms with E-state index >= 15 is 0 Å². The monoisotopic (exact) mass is 370 g/mol.